The van der Waals surface area contributed by atoms with Crippen LogP contribution in [0.2, 0.25) is 0 Å². The molecule has 0 aliphatic heterocycles. The fraction of sp³-hybridized carbons (Fsp3) is 1.00. The van der Waals surface area contributed by atoms with Crippen molar-refractivity contribution < 1.29 is 84.3 Å². The van der Waals surface area contributed by atoms with Crippen molar-refractivity contribution in [3.05, 3.63) is 0 Å². The van der Waals surface area contributed by atoms with Gasteiger partial charge in [-0.25, -0.2) is 25.2 Å². The predicted molar refractivity (Wildman–Crippen MR) is 149 cm³/mol. The number of unbranched alkanes of at least 4 members (excludes halogenated alkanes) is 16. The maximum absolute atomic E-state index is 10.0. The molecule has 0 aliphatic rings. The summed E-state index contributed by atoms with van der Waals surface area (Å²) in [6.07, 6.45) is 16.7. The molecule has 0 aromatic carbocycles. The average Bonchev–Trinajstić information content (AvgIpc) is 2.89. The fourth-order valence-corrected chi connectivity index (χ4v) is 3.66. The van der Waals surface area contributed by atoms with Gasteiger partial charge in [0.1, 0.15) is 0 Å². The van der Waals surface area contributed by atoms with Gasteiger partial charge in [-0.3, -0.25) is 0 Å². The van der Waals surface area contributed by atoms with Crippen molar-refractivity contribution in [1.29, 1.82) is 0 Å². The summed E-state index contributed by atoms with van der Waals surface area (Å²) in [5.74, 6) is 0. The smallest absolute Gasteiger partial charge is 0.865 e. The molecular formula is C32H64O8Ti2. The average molecular weight is 673 g/mol. The molecule has 0 saturated heterocycles. The minimum atomic E-state index is -1.60. The molecular weight excluding hydrogens is 608 g/mol. The molecule has 0 saturated carbocycles. The van der Waals surface area contributed by atoms with E-state index in [9.17, 15) is 40.9 Å². The molecule has 0 aromatic heterocycles. The standard InChI is InChI=1S/4C8H16O2.2Ti/c4*1-2-3-4-5-6-7-8(9)10;;/h4*8H,2-7H2,1H3;;/q4*-2;2*+4. The van der Waals surface area contributed by atoms with Gasteiger partial charge in [0.05, 0.1) is 0 Å². The van der Waals surface area contributed by atoms with Crippen molar-refractivity contribution in [2.45, 2.75) is 207 Å². The van der Waals surface area contributed by atoms with Crippen molar-refractivity contribution in [2.24, 2.45) is 0 Å². The van der Waals surface area contributed by atoms with E-state index in [0.717, 1.165) is 51.4 Å². The summed E-state index contributed by atoms with van der Waals surface area (Å²) in [5.41, 5.74) is 0. The first-order chi connectivity index (χ1) is 19.1. The first-order valence-electron chi connectivity index (χ1n) is 16.3. The summed E-state index contributed by atoms with van der Waals surface area (Å²) in [4.78, 5) is 0. The third kappa shape index (κ3) is 78.0. The van der Waals surface area contributed by atoms with E-state index in [1.807, 2.05) is 0 Å². The molecule has 0 atom stereocenters. The van der Waals surface area contributed by atoms with Gasteiger partial charge in [0.2, 0.25) is 0 Å². The zero-order valence-corrected chi connectivity index (χ0v) is 30.7. The normalized spacial score (nSPS) is 10.3. The molecule has 0 N–H and O–H groups in total. The van der Waals surface area contributed by atoms with Crippen LogP contribution in [0.15, 0.2) is 0 Å². The molecule has 0 rings (SSSR count). The van der Waals surface area contributed by atoms with Crippen LogP contribution >= 0.6 is 0 Å². The van der Waals surface area contributed by atoms with Crippen LogP contribution in [0.1, 0.15) is 182 Å². The first kappa shape index (κ1) is 55.5. The van der Waals surface area contributed by atoms with Gasteiger partial charge in [-0.15, -0.1) is 0 Å². The molecule has 42 heavy (non-hydrogen) atoms. The van der Waals surface area contributed by atoms with E-state index in [0.29, 0.717) is 25.7 Å². The van der Waals surface area contributed by atoms with Crippen LogP contribution < -0.4 is 40.9 Å². The van der Waals surface area contributed by atoms with Crippen molar-refractivity contribution in [2.75, 3.05) is 0 Å². The summed E-state index contributed by atoms with van der Waals surface area (Å²) < 4.78 is 0. The van der Waals surface area contributed by atoms with Crippen LogP contribution in [-0.4, -0.2) is 25.2 Å². The van der Waals surface area contributed by atoms with Gasteiger partial charge in [0.25, 0.3) is 0 Å². The van der Waals surface area contributed by atoms with Gasteiger partial charge in [-0.05, 0) is 0 Å². The maximum Gasteiger partial charge on any atom is 4.00 e. The van der Waals surface area contributed by atoms with Gasteiger partial charge in [-0.1, -0.05) is 182 Å². The van der Waals surface area contributed by atoms with Crippen molar-refractivity contribution in [3.63, 3.8) is 0 Å². The van der Waals surface area contributed by atoms with Gasteiger partial charge < -0.3 is 40.9 Å². The second-order valence-electron chi connectivity index (χ2n) is 10.5. The van der Waals surface area contributed by atoms with E-state index in [1.165, 1.54) is 77.0 Å². The van der Waals surface area contributed by atoms with Gasteiger partial charge in [0, 0.05) is 0 Å². The molecule has 248 valence electrons. The Morgan fingerprint density at radius 1 is 0.262 bits per heavy atom. The molecule has 8 nitrogen and oxygen atoms in total. The molecule has 0 aromatic rings. The summed E-state index contributed by atoms with van der Waals surface area (Å²) in [7, 11) is 0. The summed E-state index contributed by atoms with van der Waals surface area (Å²) in [6, 6.07) is 0. The number of hydrogen-bond donors (Lipinski definition) is 0. The van der Waals surface area contributed by atoms with E-state index in [1.54, 1.807) is 0 Å². The topological polar surface area (TPSA) is 184 Å². The van der Waals surface area contributed by atoms with E-state index in [-0.39, 0.29) is 43.4 Å². The summed E-state index contributed by atoms with van der Waals surface area (Å²) >= 11 is 0. The number of rotatable bonds is 24. The van der Waals surface area contributed by atoms with Crippen molar-refractivity contribution in [1.82, 2.24) is 0 Å². The Kier molecular flexibility index (Phi) is 68.3. The zero-order valence-electron chi connectivity index (χ0n) is 27.5. The van der Waals surface area contributed by atoms with Crippen molar-refractivity contribution >= 4 is 0 Å². The Balaban J connectivity index is -0.000000101. The monoisotopic (exact) mass is 672 g/mol. The van der Waals surface area contributed by atoms with E-state index < -0.39 is 25.2 Å². The minimum absolute atomic E-state index is 0. The predicted octanol–water partition coefficient (Wildman–Crippen LogP) is 1.57. The third-order valence-electron chi connectivity index (χ3n) is 6.17. The second kappa shape index (κ2) is 51.7. The Hall–Kier alpha value is 1.11. The van der Waals surface area contributed by atoms with E-state index >= 15 is 0 Å². The minimum Gasteiger partial charge on any atom is -0.865 e. The SMILES string of the molecule is CCCCCCCC([O-])[O-].CCCCCCCC([O-])[O-].CCCCCCCC([O-])[O-].CCCCCCCC([O-])[O-].[Ti+4].[Ti+4]. The molecule has 0 amide bonds. The van der Waals surface area contributed by atoms with Gasteiger partial charge >= 0.3 is 43.4 Å². The largest absolute Gasteiger partial charge is 4.00 e. The second-order valence-corrected chi connectivity index (χ2v) is 10.5. The molecule has 0 bridgehead atoms. The summed E-state index contributed by atoms with van der Waals surface area (Å²) in [6.45, 7) is 8.57. The van der Waals surface area contributed by atoms with Crippen LogP contribution in [-0.2, 0) is 43.4 Å². The fourth-order valence-electron chi connectivity index (χ4n) is 3.66. The Morgan fingerprint density at radius 3 is 0.524 bits per heavy atom. The molecule has 0 fully saturated rings. The Bertz CT molecular complexity index is 333. The van der Waals surface area contributed by atoms with Gasteiger partial charge in [-0.2, -0.15) is 0 Å². The Labute approximate surface area is 289 Å². The number of hydrogen-bond acceptors (Lipinski definition) is 8. The van der Waals surface area contributed by atoms with Crippen LogP contribution in [0.3, 0.4) is 0 Å². The quantitative estimate of drug-likeness (QED) is 0.0840. The zero-order chi connectivity index (χ0) is 31.3. The first-order valence-corrected chi connectivity index (χ1v) is 16.3. The molecule has 0 unspecified atom stereocenters. The molecule has 10 heteroatoms. The van der Waals surface area contributed by atoms with Crippen LogP contribution in [0, 0.1) is 0 Å². The van der Waals surface area contributed by atoms with Crippen LogP contribution in [0.4, 0.5) is 0 Å². The summed E-state index contributed by atoms with van der Waals surface area (Å²) in [5, 5.41) is 80.0. The molecule has 0 radical (unpaired) electrons. The molecule has 0 spiro atoms. The van der Waals surface area contributed by atoms with E-state index in [2.05, 4.69) is 27.7 Å². The maximum atomic E-state index is 10.0. The third-order valence-corrected chi connectivity index (χ3v) is 6.17. The Morgan fingerprint density at radius 2 is 0.405 bits per heavy atom. The molecule has 0 aliphatic carbocycles. The van der Waals surface area contributed by atoms with Crippen LogP contribution in [0.5, 0.6) is 0 Å². The van der Waals surface area contributed by atoms with Crippen LogP contribution in [0.25, 0.3) is 0 Å². The van der Waals surface area contributed by atoms with E-state index in [4.69, 9.17) is 0 Å². The molecule has 0 heterocycles. The van der Waals surface area contributed by atoms with Gasteiger partial charge in [0.15, 0.2) is 0 Å². The van der Waals surface area contributed by atoms with Crippen molar-refractivity contribution in [3.8, 4) is 0 Å².